The van der Waals surface area contributed by atoms with Crippen molar-refractivity contribution in [1.82, 2.24) is 5.32 Å². The van der Waals surface area contributed by atoms with Crippen LogP contribution in [0.1, 0.15) is 11.1 Å². The van der Waals surface area contributed by atoms with Gasteiger partial charge in [0.15, 0.2) is 6.61 Å². The maximum absolute atomic E-state index is 12.9. The lowest BCUT2D eigenvalue weighted by molar-refractivity contribution is -0.121. The molecule has 1 fully saturated rings. The highest BCUT2D eigenvalue weighted by molar-refractivity contribution is 8.26. The molecule has 1 saturated heterocycles. The summed E-state index contributed by atoms with van der Waals surface area (Å²) in [4.78, 5) is 27.2. The molecule has 158 valence electrons. The predicted octanol–water partition coefficient (Wildman–Crippen LogP) is 4.77. The lowest BCUT2D eigenvalue weighted by Crippen LogP contribution is -2.38. The molecule has 0 aliphatic carbocycles. The largest absolute Gasteiger partial charge is 0.482 e. The van der Waals surface area contributed by atoms with Gasteiger partial charge in [-0.25, -0.2) is 0 Å². The minimum Gasteiger partial charge on any atom is -0.482 e. The van der Waals surface area contributed by atoms with E-state index in [9.17, 15) is 9.59 Å². The smallest absolute Gasteiger partial charge is 0.265 e. The topological polar surface area (TPSA) is 58.6 Å². The first-order valence-corrected chi connectivity index (χ1v) is 11.3. The number of anilines is 1. The summed E-state index contributed by atoms with van der Waals surface area (Å²) in [5.41, 5.74) is 4.71. The predicted molar refractivity (Wildman–Crippen MR) is 131 cm³/mol. The summed E-state index contributed by atoms with van der Waals surface area (Å²) < 4.78 is 6.11. The zero-order valence-electron chi connectivity index (χ0n) is 16.9. The van der Waals surface area contributed by atoms with Crippen LogP contribution in [0.15, 0.2) is 77.7 Å². The van der Waals surface area contributed by atoms with Gasteiger partial charge in [-0.15, -0.1) is 0 Å². The lowest BCUT2D eigenvalue weighted by Gasteiger charge is -2.30. The number of benzene rings is 3. The highest BCUT2D eigenvalue weighted by atomic mass is 32.2. The third kappa shape index (κ3) is 4.04. The van der Waals surface area contributed by atoms with Gasteiger partial charge in [0.25, 0.3) is 11.8 Å². The average molecular weight is 459 g/mol. The summed E-state index contributed by atoms with van der Waals surface area (Å²) in [6.07, 6.45) is 1.77. The van der Waals surface area contributed by atoms with Gasteiger partial charge in [-0.2, -0.15) is 0 Å². The van der Waals surface area contributed by atoms with Crippen LogP contribution in [0.25, 0.3) is 17.2 Å². The van der Waals surface area contributed by atoms with Crippen LogP contribution in [0.5, 0.6) is 5.75 Å². The number of carbonyl (C=O) groups excluding carboxylic acids is 2. The van der Waals surface area contributed by atoms with Crippen LogP contribution in [0, 0.1) is 0 Å². The van der Waals surface area contributed by atoms with Crippen LogP contribution >= 0.6 is 24.0 Å². The molecule has 0 aromatic heterocycles. The number of rotatable bonds is 4. The monoisotopic (exact) mass is 458 g/mol. The van der Waals surface area contributed by atoms with Gasteiger partial charge in [-0.05, 0) is 40.5 Å². The van der Waals surface area contributed by atoms with Crippen LogP contribution in [-0.4, -0.2) is 22.7 Å². The molecule has 0 saturated carbocycles. The van der Waals surface area contributed by atoms with Gasteiger partial charge in [0.2, 0.25) is 0 Å². The second-order valence-corrected chi connectivity index (χ2v) is 9.09. The Hall–Kier alpha value is -3.42. The van der Waals surface area contributed by atoms with E-state index in [1.807, 2.05) is 54.6 Å². The maximum atomic E-state index is 12.9. The third-order valence-electron chi connectivity index (χ3n) is 5.30. The number of nitrogens with zero attached hydrogens (tertiary/aromatic N) is 1. The maximum Gasteiger partial charge on any atom is 0.265 e. The SMILES string of the molecule is O=C1NC(=S)SC1=Cc1ccc2c(c1)N(Cc1ccccc1-c1ccccc1)C(=O)CO2. The molecule has 0 spiro atoms. The van der Waals surface area contributed by atoms with Crippen molar-refractivity contribution >= 4 is 51.9 Å². The number of hydrogen-bond donors (Lipinski definition) is 1. The Morgan fingerprint density at radius 3 is 2.59 bits per heavy atom. The lowest BCUT2D eigenvalue weighted by atomic mass is 9.99. The van der Waals surface area contributed by atoms with Gasteiger partial charge in [0.1, 0.15) is 10.1 Å². The molecule has 2 aliphatic heterocycles. The van der Waals surface area contributed by atoms with Crippen molar-refractivity contribution in [1.29, 1.82) is 0 Å². The van der Waals surface area contributed by atoms with Crippen molar-refractivity contribution in [3.8, 4) is 16.9 Å². The summed E-state index contributed by atoms with van der Waals surface area (Å²) in [5.74, 6) is 0.320. The first-order valence-electron chi connectivity index (χ1n) is 10.0. The highest BCUT2D eigenvalue weighted by Gasteiger charge is 2.27. The van der Waals surface area contributed by atoms with E-state index in [4.69, 9.17) is 17.0 Å². The Morgan fingerprint density at radius 2 is 1.81 bits per heavy atom. The summed E-state index contributed by atoms with van der Waals surface area (Å²) >= 11 is 6.29. The van der Waals surface area contributed by atoms with Crippen molar-refractivity contribution in [2.24, 2.45) is 0 Å². The van der Waals surface area contributed by atoms with Crippen molar-refractivity contribution in [3.63, 3.8) is 0 Å². The number of nitrogens with one attached hydrogen (secondary N) is 1. The highest BCUT2D eigenvalue weighted by Crippen LogP contribution is 2.36. The van der Waals surface area contributed by atoms with E-state index >= 15 is 0 Å². The van der Waals surface area contributed by atoms with Gasteiger partial charge < -0.3 is 15.0 Å². The van der Waals surface area contributed by atoms with Gasteiger partial charge >= 0.3 is 0 Å². The molecule has 0 unspecified atom stereocenters. The van der Waals surface area contributed by atoms with E-state index in [0.29, 0.717) is 27.2 Å². The average Bonchev–Trinajstić information content (AvgIpc) is 3.13. The fraction of sp³-hybridized carbons (Fsp3) is 0.0800. The summed E-state index contributed by atoms with van der Waals surface area (Å²) in [7, 11) is 0. The van der Waals surface area contributed by atoms with Gasteiger partial charge in [-0.1, -0.05) is 84.6 Å². The van der Waals surface area contributed by atoms with Crippen LogP contribution in [0.2, 0.25) is 0 Å². The van der Waals surface area contributed by atoms with Crippen molar-refractivity contribution in [2.75, 3.05) is 11.5 Å². The van der Waals surface area contributed by atoms with Crippen LogP contribution in [0.3, 0.4) is 0 Å². The summed E-state index contributed by atoms with van der Waals surface area (Å²) in [6.45, 7) is 0.410. The molecular formula is C25H18N2O3S2. The van der Waals surface area contributed by atoms with Crippen LogP contribution in [0.4, 0.5) is 5.69 Å². The molecular weight excluding hydrogens is 440 g/mol. The van der Waals surface area contributed by atoms with Crippen molar-refractivity contribution < 1.29 is 14.3 Å². The minimum absolute atomic E-state index is 0.00648. The first-order chi connectivity index (χ1) is 15.6. The van der Waals surface area contributed by atoms with Crippen molar-refractivity contribution in [2.45, 2.75) is 6.54 Å². The Morgan fingerprint density at radius 1 is 1.03 bits per heavy atom. The number of ether oxygens (including phenoxy) is 1. The first kappa shape index (κ1) is 20.5. The molecule has 3 aromatic carbocycles. The summed E-state index contributed by atoms with van der Waals surface area (Å²) in [6, 6.07) is 23.8. The Kier molecular flexibility index (Phi) is 5.51. The van der Waals surface area contributed by atoms with Crippen LogP contribution in [-0.2, 0) is 16.1 Å². The second-order valence-electron chi connectivity index (χ2n) is 7.37. The van der Waals surface area contributed by atoms with E-state index in [1.54, 1.807) is 11.0 Å². The van der Waals surface area contributed by atoms with E-state index in [1.165, 1.54) is 11.8 Å². The molecule has 32 heavy (non-hydrogen) atoms. The molecule has 2 heterocycles. The third-order valence-corrected chi connectivity index (χ3v) is 6.46. The normalized spacial score (nSPS) is 16.7. The number of thiocarbonyl (C=S) groups is 1. The molecule has 2 aliphatic rings. The minimum atomic E-state index is -0.210. The van der Waals surface area contributed by atoms with Gasteiger partial charge in [-0.3, -0.25) is 9.59 Å². The Labute approximate surface area is 195 Å². The number of hydrogen-bond acceptors (Lipinski definition) is 5. The Balaban J connectivity index is 1.51. The van der Waals surface area contributed by atoms with Crippen molar-refractivity contribution in [3.05, 3.63) is 88.8 Å². The van der Waals surface area contributed by atoms with Crippen LogP contribution < -0.4 is 15.0 Å². The second kappa shape index (κ2) is 8.61. The van der Waals surface area contributed by atoms with E-state index in [-0.39, 0.29) is 18.4 Å². The summed E-state index contributed by atoms with van der Waals surface area (Å²) in [5, 5.41) is 2.62. The zero-order chi connectivity index (χ0) is 22.1. The standard InChI is InChI=1S/C25H18N2O3S2/c28-23-15-30-21-11-10-16(13-22-24(29)26-25(31)32-22)12-20(21)27(23)14-18-8-4-5-9-19(18)17-6-2-1-3-7-17/h1-13H,14-15H2,(H,26,29,31). The van der Waals surface area contributed by atoms with Gasteiger partial charge in [0.05, 0.1) is 17.1 Å². The molecule has 0 bridgehead atoms. The fourth-order valence-corrected chi connectivity index (χ4v) is 4.83. The fourth-order valence-electron chi connectivity index (χ4n) is 3.78. The van der Waals surface area contributed by atoms with E-state index in [0.717, 1.165) is 22.3 Å². The molecule has 0 radical (unpaired) electrons. The molecule has 0 atom stereocenters. The van der Waals surface area contributed by atoms with Gasteiger partial charge in [0, 0.05) is 0 Å². The number of fused-ring (bicyclic) bond motifs is 1. The number of thioether (sulfide) groups is 1. The molecule has 3 aromatic rings. The zero-order valence-corrected chi connectivity index (χ0v) is 18.5. The quantitative estimate of drug-likeness (QED) is 0.451. The van der Waals surface area contributed by atoms with E-state index < -0.39 is 0 Å². The molecule has 5 nitrogen and oxygen atoms in total. The molecule has 7 heteroatoms. The van der Waals surface area contributed by atoms with E-state index in [2.05, 4.69) is 23.5 Å². The number of carbonyl (C=O) groups is 2. The molecule has 2 amide bonds. The number of amides is 2. The molecule has 1 N–H and O–H groups in total. The Bertz CT molecular complexity index is 1270. The molecule has 5 rings (SSSR count).